The summed E-state index contributed by atoms with van der Waals surface area (Å²) in [4.78, 5) is 2.50. The topological polar surface area (TPSA) is 30.9 Å². The second-order valence-electron chi connectivity index (χ2n) is 6.45. The van der Waals surface area contributed by atoms with Crippen LogP contribution in [0.3, 0.4) is 0 Å². The van der Waals surface area contributed by atoms with E-state index >= 15 is 0 Å². The smallest absolute Gasteiger partial charge is 0.170 e. The molecular weight excluding hydrogens is 230 g/mol. The lowest BCUT2D eigenvalue weighted by atomic mass is 10.0. The number of ether oxygens (including phenoxy) is 3. The Morgan fingerprint density at radius 2 is 1.72 bits per heavy atom. The molecule has 3 heterocycles. The number of nitrogens with zero attached hydrogens (tertiary/aromatic N) is 1. The van der Waals surface area contributed by atoms with Gasteiger partial charge in [-0.1, -0.05) is 0 Å². The van der Waals surface area contributed by atoms with Crippen molar-refractivity contribution in [2.45, 2.75) is 57.0 Å². The van der Waals surface area contributed by atoms with Gasteiger partial charge < -0.3 is 19.1 Å². The number of likely N-dealkylation sites (tertiary alicyclic amines) is 1. The molecule has 1 atom stereocenters. The van der Waals surface area contributed by atoms with Gasteiger partial charge in [0, 0.05) is 32.5 Å². The van der Waals surface area contributed by atoms with Gasteiger partial charge in [-0.05, 0) is 26.7 Å². The van der Waals surface area contributed by atoms with E-state index in [0.717, 1.165) is 45.7 Å². The van der Waals surface area contributed by atoms with Crippen LogP contribution in [0.25, 0.3) is 0 Å². The third kappa shape index (κ3) is 2.72. The van der Waals surface area contributed by atoms with Crippen molar-refractivity contribution < 1.29 is 14.2 Å². The molecule has 0 bridgehead atoms. The molecule has 18 heavy (non-hydrogen) atoms. The van der Waals surface area contributed by atoms with E-state index in [1.54, 1.807) is 0 Å². The molecule has 3 fully saturated rings. The Morgan fingerprint density at radius 3 is 2.28 bits per heavy atom. The molecule has 1 unspecified atom stereocenters. The van der Waals surface area contributed by atoms with Gasteiger partial charge in [0.05, 0.1) is 24.9 Å². The number of piperidine rings is 1. The predicted molar refractivity (Wildman–Crippen MR) is 68.5 cm³/mol. The highest BCUT2D eigenvalue weighted by molar-refractivity contribution is 4.87. The van der Waals surface area contributed by atoms with Gasteiger partial charge in [0.15, 0.2) is 5.79 Å². The van der Waals surface area contributed by atoms with Gasteiger partial charge in [0.1, 0.15) is 0 Å². The van der Waals surface area contributed by atoms with Crippen LogP contribution >= 0.6 is 0 Å². The molecule has 0 aliphatic carbocycles. The second kappa shape index (κ2) is 4.75. The highest BCUT2D eigenvalue weighted by atomic mass is 16.7. The summed E-state index contributed by atoms with van der Waals surface area (Å²) in [6.07, 6.45) is 4.80. The first kappa shape index (κ1) is 12.9. The van der Waals surface area contributed by atoms with E-state index in [1.807, 2.05) is 0 Å². The van der Waals surface area contributed by atoms with Crippen LogP contribution in [0.5, 0.6) is 0 Å². The molecule has 3 aliphatic rings. The molecule has 0 radical (unpaired) electrons. The molecule has 3 aliphatic heterocycles. The summed E-state index contributed by atoms with van der Waals surface area (Å²) in [7, 11) is 0. The molecule has 0 aromatic heterocycles. The fourth-order valence-electron chi connectivity index (χ4n) is 3.36. The minimum atomic E-state index is -0.244. The summed E-state index contributed by atoms with van der Waals surface area (Å²) < 4.78 is 17.6. The third-order valence-corrected chi connectivity index (χ3v) is 4.45. The van der Waals surface area contributed by atoms with Gasteiger partial charge in [-0.3, -0.25) is 0 Å². The molecule has 0 aromatic rings. The molecule has 0 aromatic carbocycles. The fraction of sp³-hybridized carbons (Fsp3) is 1.00. The number of rotatable bonds is 2. The Labute approximate surface area is 110 Å². The van der Waals surface area contributed by atoms with Gasteiger partial charge in [-0.2, -0.15) is 0 Å². The Morgan fingerprint density at radius 1 is 1.06 bits per heavy atom. The Kier molecular flexibility index (Phi) is 3.39. The Hall–Kier alpha value is -0.160. The first-order valence-corrected chi connectivity index (χ1v) is 7.25. The summed E-state index contributed by atoms with van der Waals surface area (Å²) in [5, 5.41) is 0. The van der Waals surface area contributed by atoms with Crippen molar-refractivity contribution in [3.8, 4) is 0 Å². The largest absolute Gasteiger partial charge is 0.371 e. The van der Waals surface area contributed by atoms with Crippen LogP contribution in [0, 0.1) is 0 Å². The molecular formula is C14H25NO3. The van der Waals surface area contributed by atoms with E-state index in [-0.39, 0.29) is 11.4 Å². The highest BCUT2D eigenvalue weighted by Crippen LogP contribution is 2.33. The molecule has 1 spiro atoms. The quantitative estimate of drug-likeness (QED) is 0.752. The van der Waals surface area contributed by atoms with Gasteiger partial charge in [0.25, 0.3) is 0 Å². The molecule has 0 amide bonds. The average Bonchev–Trinajstić information content (AvgIpc) is 2.90. The normalized spacial score (nSPS) is 35.3. The SMILES string of the molecule is CC1(C)CCC(CN2CCC3(CC2)OCCO3)O1. The lowest BCUT2D eigenvalue weighted by Gasteiger charge is -2.38. The van der Waals surface area contributed by atoms with E-state index in [0.29, 0.717) is 6.10 Å². The standard InChI is InChI=1S/C14H25NO3/c1-13(2)4-3-12(18-13)11-15-7-5-14(6-8-15)16-9-10-17-14/h12H,3-11H2,1-2H3. The summed E-state index contributed by atoms with van der Waals surface area (Å²) in [5.41, 5.74) is 0.0827. The van der Waals surface area contributed by atoms with E-state index in [9.17, 15) is 0 Å². The molecule has 0 N–H and O–H groups in total. The van der Waals surface area contributed by atoms with E-state index < -0.39 is 0 Å². The maximum atomic E-state index is 6.06. The van der Waals surface area contributed by atoms with E-state index in [2.05, 4.69) is 18.7 Å². The van der Waals surface area contributed by atoms with Crippen molar-refractivity contribution in [1.29, 1.82) is 0 Å². The first-order chi connectivity index (χ1) is 8.57. The predicted octanol–water partition coefficient (Wildman–Crippen LogP) is 1.78. The van der Waals surface area contributed by atoms with Crippen LogP contribution in [-0.4, -0.2) is 55.2 Å². The van der Waals surface area contributed by atoms with E-state index in [4.69, 9.17) is 14.2 Å². The van der Waals surface area contributed by atoms with Gasteiger partial charge >= 0.3 is 0 Å². The van der Waals surface area contributed by atoms with Crippen molar-refractivity contribution >= 4 is 0 Å². The summed E-state index contributed by atoms with van der Waals surface area (Å²) >= 11 is 0. The fourth-order valence-corrected chi connectivity index (χ4v) is 3.36. The maximum Gasteiger partial charge on any atom is 0.170 e. The lowest BCUT2D eigenvalue weighted by molar-refractivity contribution is -0.187. The zero-order chi connectivity index (χ0) is 12.6. The van der Waals surface area contributed by atoms with Crippen LogP contribution in [0.15, 0.2) is 0 Å². The van der Waals surface area contributed by atoms with Crippen LogP contribution in [0.4, 0.5) is 0 Å². The maximum absolute atomic E-state index is 6.06. The lowest BCUT2D eigenvalue weighted by Crippen LogP contribution is -2.47. The number of hydrogen-bond donors (Lipinski definition) is 0. The summed E-state index contributed by atoms with van der Waals surface area (Å²) in [6, 6.07) is 0. The summed E-state index contributed by atoms with van der Waals surface area (Å²) in [5.74, 6) is -0.244. The highest BCUT2D eigenvalue weighted by Gasteiger charge is 2.41. The Balaban J connectivity index is 1.46. The average molecular weight is 255 g/mol. The molecule has 4 heteroatoms. The zero-order valence-electron chi connectivity index (χ0n) is 11.6. The molecule has 104 valence electrons. The molecule has 3 saturated heterocycles. The van der Waals surface area contributed by atoms with Crippen molar-refractivity contribution in [3.05, 3.63) is 0 Å². The van der Waals surface area contributed by atoms with Gasteiger partial charge in [0.2, 0.25) is 0 Å². The van der Waals surface area contributed by atoms with Gasteiger partial charge in [-0.15, -0.1) is 0 Å². The first-order valence-electron chi connectivity index (χ1n) is 7.25. The summed E-state index contributed by atoms with van der Waals surface area (Å²) in [6.45, 7) is 9.12. The second-order valence-corrected chi connectivity index (χ2v) is 6.45. The van der Waals surface area contributed by atoms with Crippen LogP contribution < -0.4 is 0 Å². The van der Waals surface area contributed by atoms with Crippen LogP contribution in [-0.2, 0) is 14.2 Å². The van der Waals surface area contributed by atoms with E-state index in [1.165, 1.54) is 12.8 Å². The molecule has 3 rings (SSSR count). The Bertz CT molecular complexity index is 289. The zero-order valence-corrected chi connectivity index (χ0v) is 11.6. The molecule has 0 saturated carbocycles. The monoisotopic (exact) mass is 255 g/mol. The molecule has 4 nitrogen and oxygen atoms in total. The van der Waals surface area contributed by atoms with Crippen LogP contribution in [0.2, 0.25) is 0 Å². The number of hydrogen-bond acceptors (Lipinski definition) is 4. The van der Waals surface area contributed by atoms with Gasteiger partial charge in [-0.25, -0.2) is 0 Å². The third-order valence-electron chi connectivity index (χ3n) is 4.45. The van der Waals surface area contributed by atoms with Crippen LogP contribution in [0.1, 0.15) is 39.5 Å². The minimum absolute atomic E-state index is 0.0827. The minimum Gasteiger partial charge on any atom is -0.371 e. The van der Waals surface area contributed by atoms with Crippen molar-refractivity contribution in [2.75, 3.05) is 32.8 Å². The van der Waals surface area contributed by atoms with Crippen molar-refractivity contribution in [1.82, 2.24) is 4.90 Å². The van der Waals surface area contributed by atoms with Crippen molar-refractivity contribution in [3.63, 3.8) is 0 Å². The van der Waals surface area contributed by atoms with Crippen molar-refractivity contribution in [2.24, 2.45) is 0 Å².